The zero-order valence-electron chi connectivity index (χ0n) is 11.5. The number of nitrogens with two attached hydrogens (primary N) is 1. The molecule has 0 radical (unpaired) electrons. The number of hydrazine groups is 1. The first-order valence-electron chi connectivity index (χ1n) is 7.13. The Morgan fingerprint density at radius 3 is 3.00 bits per heavy atom. The van der Waals surface area contributed by atoms with Crippen LogP contribution in [0.25, 0.3) is 0 Å². The molecule has 2 rings (SSSR count). The van der Waals surface area contributed by atoms with Gasteiger partial charge >= 0.3 is 0 Å². The SMILES string of the molecule is CCC1CCCC(C(NN)c2ccnc(C)c2)C1. The van der Waals surface area contributed by atoms with Gasteiger partial charge in [-0.05, 0) is 49.3 Å². The molecule has 0 spiro atoms. The molecule has 0 amide bonds. The smallest absolute Gasteiger partial charge is 0.0489 e. The first kappa shape index (κ1) is 13.5. The van der Waals surface area contributed by atoms with Gasteiger partial charge in [-0.2, -0.15) is 0 Å². The lowest BCUT2D eigenvalue weighted by atomic mass is 9.75. The van der Waals surface area contributed by atoms with Crippen LogP contribution < -0.4 is 11.3 Å². The van der Waals surface area contributed by atoms with Gasteiger partial charge in [0.25, 0.3) is 0 Å². The second kappa shape index (κ2) is 6.30. The Labute approximate surface area is 110 Å². The fourth-order valence-electron chi connectivity index (χ4n) is 3.27. The van der Waals surface area contributed by atoms with Crippen molar-refractivity contribution >= 4 is 0 Å². The van der Waals surface area contributed by atoms with E-state index in [2.05, 4.69) is 29.5 Å². The zero-order valence-corrected chi connectivity index (χ0v) is 11.5. The Bertz CT molecular complexity index is 378. The van der Waals surface area contributed by atoms with Gasteiger partial charge in [0.05, 0.1) is 0 Å². The summed E-state index contributed by atoms with van der Waals surface area (Å²) in [6.45, 7) is 4.33. The van der Waals surface area contributed by atoms with Gasteiger partial charge < -0.3 is 0 Å². The van der Waals surface area contributed by atoms with Crippen molar-refractivity contribution in [1.82, 2.24) is 10.4 Å². The molecule has 0 bridgehead atoms. The number of pyridine rings is 1. The Balaban J connectivity index is 2.12. The number of nitrogens with zero attached hydrogens (tertiary/aromatic N) is 1. The van der Waals surface area contributed by atoms with Gasteiger partial charge in [-0.1, -0.05) is 26.2 Å². The van der Waals surface area contributed by atoms with E-state index in [0.717, 1.165) is 11.6 Å². The highest BCUT2D eigenvalue weighted by Gasteiger charge is 2.28. The van der Waals surface area contributed by atoms with Crippen molar-refractivity contribution in [2.75, 3.05) is 0 Å². The van der Waals surface area contributed by atoms with E-state index in [1.165, 1.54) is 37.7 Å². The Kier molecular flexibility index (Phi) is 4.72. The van der Waals surface area contributed by atoms with Crippen molar-refractivity contribution < 1.29 is 0 Å². The van der Waals surface area contributed by atoms with E-state index in [9.17, 15) is 0 Å². The van der Waals surface area contributed by atoms with E-state index >= 15 is 0 Å². The van der Waals surface area contributed by atoms with Gasteiger partial charge in [-0.25, -0.2) is 0 Å². The van der Waals surface area contributed by atoms with Crippen molar-refractivity contribution in [2.24, 2.45) is 17.7 Å². The topological polar surface area (TPSA) is 50.9 Å². The summed E-state index contributed by atoms with van der Waals surface area (Å²) in [6, 6.07) is 4.52. The molecule has 3 unspecified atom stereocenters. The summed E-state index contributed by atoms with van der Waals surface area (Å²) in [5, 5.41) is 0. The number of hydrogen-bond donors (Lipinski definition) is 2. The van der Waals surface area contributed by atoms with Crippen LogP contribution in [0.3, 0.4) is 0 Å². The summed E-state index contributed by atoms with van der Waals surface area (Å²) in [7, 11) is 0. The summed E-state index contributed by atoms with van der Waals surface area (Å²) in [6.07, 6.45) is 8.49. The Hall–Kier alpha value is -0.930. The average molecular weight is 247 g/mol. The molecule has 100 valence electrons. The molecule has 1 heterocycles. The van der Waals surface area contributed by atoms with Crippen LogP contribution in [0.2, 0.25) is 0 Å². The summed E-state index contributed by atoms with van der Waals surface area (Å²) < 4.78 is 0. The van der Waals surface area contributed by atoms with Crippen molar-refractivity contribution in [3.63, 3.8) is 0 Å². The maximum absolute atomic E-state index is 5.80. The third-order valence-corrected chi connectivity index (χ3v) is 4.33. The molecule has 1 fully saturated rings. The molecule has 1 aromatic rings. The first-order valence-corrected chi connectivity index (χ1v) is 7.13. The van der Waals surface area contributed by atoms with Gasteiger partial charge in [-0.3, -0.25) is 16.3 Å². The van der Waals surface area contributed by atoms with Crippen molar-refractivity contribution in [1.29, 1.82) is 0 Å². The molecule has 3 nitrogen and oxygen atoms in total. The molecule has 1 aliphatic rings. The van der Waals surface area contributed by atoms with Crippen molar-refractivity contribution in [3.05, 3.63) is 29.6 Å². The highest BCUT2D eigenvalue weighted by molar-refractivity contribution is 5.20. The summed E-state index contributed by atoms with van der Waals surface area (Å²) in [5.74, 6) is 7.34. The lowest BCUT2D eigenvalue weighted by molar-refractivity contribution is 0.210. The number of nitrogens with one attached hydrogen (secondary N) is 1. The van der Waals surface area contributed by atoms with Gasteiger partial charge in [0, 0.05) is 17.9 Å². The largest absolute Gasteiger partial charge is 0.271 e. The highest BCUT2D eigenvalue weighted by Crippen LogP contribution is 2.38. The third-order valence-electron chi connectivity index (χ3n) is 4.33. The number of rotatable bonds is 4. The van der Waals surface area contributed by atoms with Crippen LogP contribution >= 0.6 is 0 Å². The molecule has 3 heteroatoms. The minimum Gasteiger partial charge on any atom is -0.271 e. The monoisotopic (exact) mass is 247 g/mol. The second-order valence-electron chi connectivity index (χ2n) is 5.58. The summed E-state index contributed by atoms with van der Waals surface area (Å²) in [5.41, 5.74) is 5.38. The minimum atomic E-state index is 0.279. The standard InChI is InChI=1S/C15H25N3/c1-3-12-5-4-6-13(10-12)15(18-16)14-7-8-17-11(2)9-14/h7-9,12-13,15,18H,3-6,10,16H2,1-2H3. The van der Waals surface area contributed by atoms with Crippen molar-refractivity contribution in [3.8, 4) is 0 Å². The van der Waals surface area contributed by atoms with Crippen LogP contribution in [0.15, 0.2) is 18.3 Å². The fourth-order valence-corrected chi connectivity index (χ4v) is 3.27. The van der Waals surface area contributed by atoms with Crippen LogP contribution in [-0.4, -0.2) is 4.98 Å². The number of aromatic nitrogens is 1. The van der Waals surface area contributed by atoms with Crippen molar-refractivity contribution in [2.45, 2.75) is 52.0 Å². The van der Waals surface area contributed by atoms with E-state index in [4.69, 9.17) is 5.84 Å². The lowest BCUT2D eigenvalue weighted by Gasteiger charge is -2.34. The van der Waals surface area contributed by atoms with Gasteiger partial charge in [0.15, 0.2) is 0 Å². The van der Waals surface area contributed by atoms with E-state index < -0.39 is 0 Å². The number of aryl methyl sites for hydroxylation is 1. The molecular formula is C15H25N3. The van der Waals surface area contributed by atoms with Crippen LogP contribution in [0.5, 0.6) is 0 Å². The van der Waals surface area contributed by atoms with Crippen LogP contribution in [0.4, 0.5) is 0 Å². The molecular weight excluding hydrogens is 222 g/mol. The van der Waals surface area contributed by atoms with Crippen LogP contribution in [0.1, 0.15) is 56.3 Å². The summed E-state index contributed by atoms with van der Waals surface area (Å²) >= 11 is 0. The maximum Gasteiger partial charge on any atom is 0.0489 e. The quantitative estimate of drug-likeness (QED) is 0.635. The lowest BCUT2D eigenvalue weighted by Crippen LogP contribution is -2.35. The summed E-state index contributed by atoms with van der Waals surface area (Å²) in [4.78, 5) is 4.26. The predicted octanol–water partition coefficient (Wildman–Crippen LogP) is 3.11. The van der Waals surface area contributed by atoms with Gasteiger partial charge in [0.1, 0.15) is 0 Å². The molecule has 1 aromatic heterocycles. The Morgan fingerprint density at radius 2 is 2.33 bits per heavy atom. The van der Waals surface area contributed by atoms with Crippen LogP contribution in [0, 0.1) is 18.8 Å². The molecule has 0 aliphatic heterocycles. The average Bonchev–Trinajstić information content (AvgIpc) is 2.40. The molecule has 18 heavy (non-hydrogen) atoms. The molecule has 1 saturated carbocycles. The molecule has 3 N–H and O–H groups in total. The highest BCUT2D eigenvalue weighted by atomic mass is 15.2. The normalized spacial score (nSPS) is 25.9. The van der Waals surface area contributed by atoms with Gasteiger partial charge in [0.2, 0.25) is 0 Å². The minimum absolute atomic E-state index is 0.279. The molecule has 3 atom stereocenters. The van der Waals surface area contributed by atoms with Crippen LogP contribution in [-0.2, 0) is 0 Å². The number of hydrogen-bond acceptors (Lipinski definition) is 3. The first-order chi connectivity index (χ1) is 8.74. The van der Waals surface area contributed by atoms with E-state index in [-0.39, 0.29) is 6.04 Å². The van der Waals surface area contributed by atoms with E-state index in [1.54, 1.807) is 0 Å². The van der Waals surface area contributed by atoms with Gasteiger partial charge in [-0.15, -0.1) is 0 Å². The fraction of sp³-hybridized carbons (Fsp3) is 0.667. The molecule has 1 aliphatic carbocycles. The second-order valence-corrected chi connectivity index (χ2v) is 5.58. The molecule has 0 aromatic carbocycles. The predicted molar refractivity (Wildman–Crippen MR) is 74.8 cm³/mol. The van der Waals surface area contributed by atoms with E-state index in [0.29, 0.717) is 5.92 Å². The maximum atomic E-state index is 5.80. The van der Waals surface area contributed by atoms with E-state index in [1.807, 2.05) is 13.1 Å². The molecule has 0 saturated heterocycles. The third kappa shape index (κ3) is 3.09. The Morgan fingerprint density at radius 1 is 1.50 bits per heavy atom. The zero-order chi connectivity index (χ0) is 13.0.